The first-order chi connectivity index (χ1) is 8.49. The van der Waals surface area contributed by atoms with Gasteiger partial charge in [-0.2, -0.15) is 0 Å². The zero-order valence-electron chi connectivity index (χ0n) is 10.2. The normalized spacial score (nSPS) is 46.3. The summed E-state index contributed by atoms with van der Waals surface area (Å²) in [4.78, 5) is 0. The van der Waals surface area contributed by atoms with Gasteiger partial charge in [0.15, 0.2) is 6.29 Å². The summed E-state index contributed by atoms with van der Waals surface area (Å²) in [6.45, 7) is 2.90. The van der Waals surface area contributed by atoms with Crippen LogP contribution in [0, 0.1) is 17.8 Å². The van der Waals surface area contributed by atoms with Gasteiger partial charge in [0.2, 0.25) is 6.43 Å². The van der Waals surface area contributed by atoms with Gasteiger partial charge in [0, 0.05) is 11.8 Å². The van der Waals surface area contributed by atoms with Crippen molar-refractivity contribution in [1.82, 2.24) is 0 Å². The summed E-state index contributed by atoms with van der Waals surface area (Å²) in [6, 6.07) is 0. The number of alkyl halides is 4. The van der Waals surface area contributed by atoms with Gasteiger partial charge >= 0.3 is 0 Å². The van der Waals surface area contributed by atoms with Gasteiger partial charge in [-0.3, -0.25) is 0 Å². The predicted molar refractivity (Wildman–Crippen MR) is 56.9 cm³/mol. The minimum Gasteiger partial charge on any atom is -0.352 e. The van der Waals surface area contributed by atoms with Crippen LogP contribution in [0.15, 0.2) is 0 Å². The lowest BCUT2D eigenvalue weighted by Gasteiger charge is -2.39. The fourth-order valence-electron chi connectivity index (χ4n) is 2.64. The van der Waals surface area contributed by atoms with Crippen LogP contribution in [0.25, 0.3) is 0 Å². The molecule has 1 saturated heterocycles. The highest BCUT2D eigenvalue weighted by atomic mass is 19.3. The fourth-order valence-corrected chi connectivity index (χ4v) is 2.64. The van der Waals surface area contributed by atoms with Gasteiger partial charge in [0.1, 0.15) is 12.3 Å². The molecule has 2 aliphatic rings. The van der Waals surface area contributed by atoms with E-state index in [0.29, 0.717) is 13.2 Å². The quantitative estimate of drug-likeness (QED) is 0.718. The van der Waals surface area contributed by atoms with E-state index in [9.17, 15) is 17.6 Å². The van der Waals surface area contributed by atoms with E-state index in [0.717, 1.165) is 0 Å². The zero-order valence-corrected chi connectivity index (χ0v) is 10.2. The molecule has 18 heavy (non-hydrogen) atoms. The Morgan fingerprint density at radius 2 is 1.50 bits per heavy atom. The standard InChI is InChI=1S/C12H18F4O2/c1-6-4-17-12(18-5-6)7-2-8(13)10(11(15)16)9(14)3-7/h6-12H,2-5H2,1H3. The maximum atomic E-state index is 13.6. The SMILES string of the molecule is CC1COC(C2CC(F)C(C(F)F)C(F)C2)OC1. The second kappa shape index (κ2) is 5.74. The van der Waals surface area contributed by atoms with Crippen molar-refractivity contribution in [3.8, 4) is 0 Å². The molecule has 0 aromatic heterocycles. The molecule has 2 fully saturated rings. The van der Waals surface area contributed by atoms with Gasteiger partial charge in [0.25, 0.3) is 0 Å². The summed E-state index contributed by atoms with van der Waals surface area (Å²) in [5, 5.41) is 0. The van der Waals surface area contributed by atoms with Crippen molar-refractivity contribution >= 4 is 0 Å². The van der Waals surface area contributed by atoms with Crippen LogP contribution in [0.2, 0.25) is 0 Å². The maximum absolute atomic E-state index is 13.6. The third-order valence-electron chi connectivity index (χ3n) is 3.66. The monoisotopic (exact) mass is 270 g/mol. The molecule has 0 amide bonds. The van der Waals surface area contributed by atoms with Crippen molar-refractivity contribution in [1.29, 1.82) is 0 Å². The largest absolute Gasteiger partial charge is 0.352 e. The average Bonchev–Trinajstić information content (AvgIpc) is 2.28. The fraction of sp³-hybridized carbons (Fsp3) is 1.00. The van der Waals surface area contributed by atoms with E-state index in [2.05, 4.69) is 0 Å². The molecular formula is C12H18F4O2. The van der Waals surface area contributed by atoms with Crippen LogP contribution in [0.3, 0.4) is 0 Å². The molecule has 2 nitrogen and oxygen atoms in total. The molecular weight excluding hydrogens is 252 g/mol. The number of halogens is 4. The molecule has 0 bridgehead atoms. The highest BCUT2D eigenvalue weighted by molar-refractivity contribution is 4.89. The van der Waals surface area contributed by atoms with Gasteiger partial charge < -0.3 is 9.47 Å². The topological polar surface area (TPSA) is 18.5 Å². The lowest BCUT2D eigenvalue weighted by molar-refractivity contribution is -0.235. The molecule has 2 atom stereocenters. The van der Waals surface area contributed by atoms with E-state index in [1.807, 2.05) is 6.92 Å². The van der Waals surface area contributed by atoms with Crippen LogP contribution >= 0.6 is 0 Å². The van der Waals surface area contributed by atoms with E-state index in [4.69, 9.17) is 9.47 Å². The number of rotatable bonds is 2. The maximum Gasteiger partial charge on any atom is 0.247 e. The van der Waals surface area contributed by atoms with Crippen LogP contribution in [-0.4, -0.2) is 38.3 Å². The van der Waals surface area contributed by atoms with Gasteiger partial charge in [-0.25, -0.2) is 17.6 Å². The molecule has 0 aromatic rings. The second-order valence-electron chi connectivity index (χ2n) is 5.32. The van der Waals surface area contributed by atoms with E-state index in [1.165, 1.54) is 0 Å². The third-order valence-corrected chi connectivity index (χ3v) is 3.66. The first kappa shape index (κ1) is 14.1. The minimum atomic E-state index is -2.95. The summed E-state index contributed by atoms with van der Waals surface area (Å²) in [5.74, 6) is -2.03. The van der Waals surface area contributed by atoms with Crippen molar-refractivity contribution in [2.45, 2.75) is 44.8 Å². The Bertz CT molecular complexity index is 257. The lowest BCUT2D eigenvalue weighted by Crippen LogP contribution is -2.46. The molecule has 2 rings (SSSR count). The van der Waals surface area contributed by atoms with Crippen LogP contribution in [-0.2, 0) is 9.47 Å². The molecule has 1 aliphatic carbocycles. The minimum absolute atomic E-state index is 0.117. The molecule has 1 saturated carbocycles. The molecule has 1 aliphatic heterocycles. The summed E-state index contributed by atoms with van der Waals surface area (Å²) >= 11 is 0. The molecule has 2 unspecified atom stereocenters. The third kappa shape index (κ3) is 2.96. The summed E-state index contributed by atoms with van der Waals surface area (Å²) in [5.41, 5.74) is 0. The summed E-state index contributed by atoms with van der Waals surface area (Å²) in [7, 11) is 0. The molecule has 6 heteroatoms. The Morgan fingerprint density at radius 1 is 1.00 bits per heavy atom. The van der Waals surface area contributed by atoms with Crippen molar-refractivity contribution in [2.24, 2.45) is 17.8 Å². The molecule has 0 N–H and O–H groups in total. The highest BCUT2D eigenvalue weighted by Gasteiger charge is 2.46. The van der Waals surface area contributed by atoms with Crippen LogP contribution in [0.1, 0.15) is 19.8 Å². The summed E-state index contributed by atoms with van der Waals surface area (Å²) in [6.07, 6.45) is -7.50. The van der Waals surface area contributed by atoms with Crippen molar-refractivity contribution in [2.75, 3.05) is 13.2 Å². The number of hydrogen-bond donors (Lipinski definition) is 0. The average molecular weight is 270 g/mol. The van der Waals surface area contributed by atoms with Gasteiger partial charge in [-0.1, -0.05) is 6.92 Å². The highest BCUT2D eigenvalue weighted by Crippen LogP contribution is 2.39. The lowest BCUT2D eigenvalue weighted by atomic mass is 9.79. The summed E-state index contributed by atoms with van der Waals surface area (Å²) < 4.78 is 63.0. The Hall–Kier alpha value is -0.360. The van der Waals surface area contributed by atoms with Crippen molar-refractivity contribution < 1.29 is 27.0 Å². The first-order valence-corrected chi connectivity index (χ1v) is 6.28. The van der Waals surface area contributed by atoms with E-state index in [-0.39, 0.29) is 18.8 Å². The molecule has 1 heterocycles. The van der Waals surface area contributed by atoms with E-state index >= 15 is 0 Å². The first-order valence-electron chi connectivity index (χ1n) is 6.28. The molecule has 0 spiro atoms. The molecule has 0 radical (unpaired) electrons. The van der Waals surface area contributed by atoms with Crippen LogP contribution in [0.5, 0.6) is 0 Å². The van der Waals surface area contributed by atoms with Crippen LogP contribution in [0.4, 0.5) is 17.6 Å². The number of ether oxygens (including phenoxy) is 2. The Morgan fingerprint density at radius 3 is 1.94 bits per heavy atom. The van der Waals surface area contributed by atoms with E-state index < -0.39 is 36.9 Å². The molecule has 0 aromatic carbocycles. The Labute approximate surface area is 104 Å². The Balaban J connectivity index is 1.93. The van der Waals surface area contributed by atoms with Gasteiger partial charge in [-0.15, -0.1) is 0 Å². The van der Waals surface area contributed by atoms with Crippen molar-refractivity contribution in [3.05, 3.63) is 0 Å². The van der Waals surface area contributed by atoms with Crippen LogP contribution < -0.4 is 0 Å². The zero-order chi connectivity index (χ0) is 13.3. The smallest absolute Gasteiger partial charge is 0.247 e. The second-order valence-corrected chi connectivity index (χ2v) is 5.32. The van der Waals surface area contributed by atoms with E-state index in [1.54, 1.807) is 0 Å². The van der Waals surface area contributed by atoms with Gasteiger partial charge in [-0.05, 0) is 12.8 Å². The predicted octanol–water partition coefficient (Wildman–Crippen LogP) is 2.96. The molecule has 106 valence electrons. The number of hydrogen-bond acceptors (Lipinski definition) is 2. The Kier molecular flexibility index (Phi) is 4.48. The van der Waals surface area contributed by atoms with Crippen molar-refractivity contribution in [3.63, 3.8) is 0 Å². The van der Waals surface area contributed by atoms with Gasteiger partial charge in [0.05, 0.1) is 19.1 Å².